The molecule has 0 unspecified atom stereocenters. The Labute approximate surface area is 199 Å². The molecule has 2 aromatic carbocycles. The molecule has 1 aliphatic rings. The van der Waals surface area contributed by atoms with E-state index >= 15 is 0 Å². The number of nitrogens with zero attached hydrogens (tertiary/aromatic N) is 3. The molecule has 34 heavy (non-hydrogen) atoms. The van der Waals surface area contributed by atoms with Crippen LogP contribution in [0.15, 0.2) is 57.4 Å². The molecule has 0 atom stereocenters. The van der Waals surface area contributed by atoms with E-state index in [1.807, 2.05) is 36.0 Å². The summed E-state index contributed by atoms with van der Waals surface area (Å²) < 4.78 is 11.5. The van der Waals surface area contributed by atoms with Crippen molar-refractivity contribution in [2.75, 3.05) is 5.32 Å². The number of carbonyl (C=O) groups is 1. The van der Waals surface area contributed by atoms with Crippen LogP contribution in [-0.4, -0.2) is 26.3 Å². The second-order valence-corrected chi connectivity index (χ2v) is 9.44. The largest absolute Gasteiger partial charge is 0.451 e. The highest BCUT2D eigenvalue weighted by atomic mass is 32.2. The van der Waals surface area contributed by atoms with Crippen molar-refractivity contribution in [3.05, 3.63) is 70.0 Å². The Bertz CT molecular complexity index is 1340. The zero-order valence-electron chi connectivity index (χ0n) is 18.2. The summed E-state index contributed by atoms with van der Waals surface area (Å²) in [6.07, 6.45) is 6.19. The van der Waals surface area contributed by atoms with Gasteiger partial charge in [0, 0.05) is 39.6 Å². The lowest BCUT2D eigenvalue weighted by Crippen LogP contribution is -2.14. The Morgan fingerprint density at radius 3 is 2.74 bits per heavy atom. The quantitative estimate of drug-likeness (QED) is 0.245. The third kappa shape index (κ3) is 4.67. The number of nitro groups is 1. The van der Waals surface area contributed by atoms with Gasteiger partial charge in [0.25, 0.3) is 11.6 Å². The van der Waals surface area contributed by atoms with E-state index in [1.165, 1.54) is 50.3 Å². The lowest BCUT2D eigenvalue weighted by atomic mass is 10.0. The molecule has 0 bridgehead atoms. The number of fused-ring (bicyclic) bond motifs is 1. The molecule has 1 aliphatic carbocycles. The number of carbonyl (C=O) groups excluding carboxylic acids is 1. The average Bonchev–Trinajstić information content (AvgIpc) is 3.48. The van der Waals surface area contributed by atoms with Gasteiger partial charge in [0.2, 0.25) is 5.89 Å². The van der Waals surface area contributed by atoms with Gasteiger partial charge in [-0.15, -0.1) is 5.10 Å². The first-order valence-electron chi connectivity index (χ1n) is 11.1. The number of non-ortho nitro benzene ring substituents is 1. The topological polar surface area (TPSA) is 124 Å². The number of aromatic nitrogens is 2. The van der Waals surface area contributed by atoms with Crippen LogP contribution in [0, 0.1) is 10.1 Å². The number of nitro benzene ring substituents is 1. The maximum atomic E-state index is 13.1. The molecule has 0 aliphatic heterocycles. The number of anilines is 1. The SMILES string of the molecule is O=C(Nc1nnc(-c2cccc([N+](=O)[O-])c2)o1)c1oc2ccccc2c1CSC1CCCCC1. The van der Waals surface area contributed by atoms with Crippen LogP contribution in [0.1, 0.15) is 48.2 Å². The van der Waals surface area contributed by atoms with Crippen LogP contribution in [0.4, 0.5) is 11.7 Å². The summed E-state index contributed by atoms with van der Waals surface area (Å²) in [6, 6.07) is 13.3. The number of rotatable bonds is 7. The van der Waals surface area contributed by atoms with Gasteiger partial charge in [-0.3, -0.25) is 20.2 Å². The van der Waals surface area contributed by atoms with Gasteiger partial charge in [-0.2, -0.15) is 11.8 Å². The van der Waals surface area contributed by atoms with Crippen molar-refractivity contribution < 1.29 is 18.6 Å². The predicted octanol–water partition coefficient (Wildman–Crippen LogP) is 6.21. The number of furan rings is 1. The fourth-order valence-electron chi connectivity index (χ4n) is 4.16. The van der Waals surface area contributed by atoms with Crippen LogP contribution in [0.5, 0.6) is 0 Å². The highest BCUT2D eigenvalue weighted by molar-refractivity contribution is 7.99. The summed E-state index contributed by atoms with van der Waals surface area (Å²) in [6.45, 7) is 0. The van der Waals surface area contributed by atoms with Crippen LogP contribution < -0.4 is 5.32 Å². The van der Waals surface area contributed by atoms with Crippen LogP contribution in [0.25, 0.3) is 22.4 Å². The van der Waals surface area contributed by atoms with Crippen molar-refractivity contribution in [1.29, 1.82) is 0 Å². The third-order valence-corrected chi connectivity index (χ3v) is 7.27. The van der Waals surface area contributed by atoms with E-state index in [9.17, 15) is 14.9 Å². The second kappa shape index (κ2) is 9.68. The van der Waals surface area contributed by atoms with Gasteiger partial charge >= 0.3 is 6.01 Å². The van der Waals surface area contributed by atoms with Crippen LogP contribution >= 0.6 is 11.8 Å². The fraction of sp³-hybridized carbons (Fsp3) is 0.292. The fourth-order valence-corrected chi connectivity index (χ4v) is 5.51. The number of nitrogens with one attached hydrogen (secondary N) is 1. The van der Waals surface area contributed by atoms with Gasteiger partial charge in [0.05, 0.1) is 4.92 Å². The molecular formula is C24H22N4O5S. The molecule has 0 spiro atoms. The van der Waals surface area contributed by atoms with Crippen molar-refractivity contribution in [3.8, 4) is 11.5 Å². The molecule has 0 saturated heterocycles. The molecule has 174 valence electrons. The molecule has 1 fully saturated rings. The second-order valence-electron chi connectivity index (χ2n) is 8.15. The maximum Gasteiger partial charge on any atom is 0.322 e. The summed E-state index contributed by atoms with van der Waals surface area (Å²) in [5.41, 5.74) is 1.79. The van der Waals surface area contributed by atoms with Crippen molar-refractivity contribution in [3.63, 3.8) is 0 Å². The molecule has 2 heterocycles. The van der Waals surface area contributed by atoms with Gasteiger partial charge in [-0.25, -0.2) is 0 Å². The predicted molar refractivity (Wildman–Crippen MR) is 129 cm³/mol. The summed E-state index contributed by atoms with van der Waals surface area (Å²) >= 11 is 1.87. The summed E-state index contributed by atoms with van der Waals surface area (Å²) in [4.78, 5) is 23.6. The van der Waals surface area contributed by atoms with Crippen LogP contribution in [-0.2, 0) is 5.75 Å². The van der Waals surface area contributed by atoms with Crippen LogP contribution in [0.3, 0.4) is 0 Å². The minimum absolute atomic E-state index is 0.0664. The highest BCUT2D eigenvalue weighted by Crippen LogP contribution is 2.35. The Morgan fingerprint density at radius 1 is 1.09 bits per heavy atom. The molecule has 9 nitrogen and oxygen atoms in total. The van der Waals surface area contributed by atoms with Gasteiger partial charge in [0.15, 0.2) is 5.76 Å². The minimum atomic E-state index is -0.503. The number of hydrogen-bond acceptors (Lipinski definition) is 8. The first-order chi connectivity index (χ1) is 16.6. The molecule has 1 N–H and O–H groups in total. The Hall–Kier alpha value is -3.66. The Balaban J connectivity index is 1.36. The van der Waals surface area contributed by atoms with E-state index in [-0.39, 0.29) is 23.4 Å². The normalized spacial score (nSPS) is 14.4. The van der Waals surface area contributed by atoms with Gasteiger partial charge in [-0.1, -0.05) is 48.6 Å². The molecule has 10 heteroatoms. The summed E-state index contributed by atoms with van der Waals surface area (Å²) in [7, 11) is 0. The van der Waals surface area contributed by atoms with Crippen molar-refractivity contribution in [2.24, 2.45) is 0 Å². The van der Waals surface area contributed by atoms with E-state index in [2.05, 4.69) is 15.5 Å². The Morgan fingerprint density at radius 2 is 1.91 bits per heavy atom. The van der Waals surface area contributed by atoms with E-state index in [0.717, 1.165) is 10.9 Å². The highest BCUT2D eigenvalue weighted by Gasteiger charge is 2.24. The number of amides is 1. The maximum absolute atomic E-state index is 13.1. The van der Waals surface area contributed by atoms with Crippen LogP contribution in [0.2, 0.25) is 0 Å². The molecular weight excluding hydrogens is 456 g/mol. The molecule has 4 aromatic rings. The Kier molecular flexibility index (Phi) is 6.31. The minimum Gasteiger partial charge on any atom is -0.451 e. The van der Waals surface area contributed by atoms with Crippen molar-refractivity contribution in [2.45, 2.75) is 43.1 Å². The first-order valence-corrected chi connectivity index (χ1v) is 12.1. The average molecular weight is 479 g/mol. The number of hydrogen-bond donors (Lipinski definition) is 1. The van der Waals surface area contributed by atoms with E-state index in [4.69, 9.17) is 8.83 Å². The standard InChI is InChI=1S/C24H22N4O5S/c29-22(25-24-27-26-23(33-24)15-7-6-8-16(13-15)28(30)31)21-19(14-34-17-9-2-1-3-10-17)18-11-4-5-12-20(18)32-21/h4-8,11-13,17H,1-3,9-10,14H2,(H,25,27,29). The monoisotopic (exact) mass is 478 g/mol. The molecule has 5 rings (SSSR count). The zero-order chi connectivity index (χ0) is 23.5. The lowest BCUT2D eigenvalue weighted by Gasteiger charge is -2.20. The first kappa shape index (κ1) is 22.1. The molecule has 1 amide bonds. The van der Waals surface area contributed by atoms with E-state index in [1.54, 1.807) is 6.07 Å². The van der Waals surface area contributed by atoms with Crippen molar-refractivity contribution >= 4 is 40.3 Å². The van der Waals surface area contributed by atoms with Gasteiger partial charge in [0.1, 0.15) is 5.58 Å². The third-order valence-electron chi connectivity index (χ3n) is 5.87. The number of benzene rings is 2. The molecule has 2 aromatic heterocycles. The van der Waals surface area contributed by atoms with Gasteiger partial charge < -0.3 is 8.83 Å². The molecule has 1 saturated carbocycles. The number of thioether (sulfide) groups is 1. The van der Waals surface area contributed by atoms with Gasteiger partial charge in [-0.05, 0) is 25.0 Å². The van der Waals surface area contributed by atoms with E-state index < -0.39 is 10.8 Å². The smallest absolute Gasteiger partial charge is 0.322 e. The summed E-state index contributed by atoms with van der Waals surface area (Å²) in [5, 5.41) is 22.9. The summed E-state index contributed by atoms with van der Waals surface area (Å²) in [5.74, 6) is 0.480. The molecule has 0 radical (unpaired) electrons. The zero-order valence-corrected chi connectivity index (χ0v) is 19.0. The van der Waals surface area contributed by atoms with Crippen molar-refractivity contribution in [1.82, 2.24) is 10.2 Å². The van der Waals surface area contributed by atoms with E-state index in [0.29, 0.717) is 22.1 Å². The number of para-hydroxylation sites is 1. The lowest BCUT2D eigenvalue weighted by molar-refractivity contribution is -0.384.